The topological polar surface area (TPSA) is 59.0 Å². The van der Waals surface area contributed by atoms with Crippen molar-refractivity contribution in [2.24, 2.45) is 0 Å². The van der Waals surface area contributed by atoms with Crippen molar-refractivity contribution in [2.75, 3.05) is 6.54 Å². The molecule has 2 aromatic rings. The summed E-state index contributed by atoms with van der Waals surface area (Å²) in [5, 5.41) is 2.77. The Morgan fingerprint density at radius 1 is 1.50 bits per heavy atom. The number of para-hydroxylation sites is 1. The van der Waals surface area contributed by atoms with Crippen molar-refractivity contribution in [3.05, 3.63) is 23.0 Å². The number of nitrogens with zero attached hydrogens (tertiary/aromatic N) is 1. The highest BCUT2D eigenvalue weighted by atomic mass is 32.1. The van der Waals surface area contributed by atoms with Gasteiger partial charge in [0.15, 0.2) is 4.77 Å². The summed E-state index contributed by atoms with van der Waals surface area (Å²) < 4.78 is 8.37. The molecule has 20 heavy (non-hydrogen) atoms. The third kappa shape index (κ3) is 3.19. The second-order valence-corrected chi connectivity index (χ2v) is 5.27. The molecule has 6 heteroatoms. The van der Waals surface area contributed by atoms with Crippen LogP contribution in [-0.4, -0.2) is 28.1 Å². The number of nitrogens with one attached hydrogen (secondary N) is 2. The summed E-state index contributed by atoms with van der Waals surface area (Å²) >= 11 is 5.34. The Morgan fingerprint density at radius 3 is 2.90 bits per heavy atom. The Kier molecular flexibility index (Phi) is 4.44. The Hall–Kier alpha value is -1.82. The molecule has 0 unspecified atom stereocenters. The number of rotatable bonds is 5. The van der Waals surface area contributed by atoms with Crippen LogP contribution in [0.5, 0.6) is 5.75 Å². The Labute approximate surface area is 122 Å². The Bertz CT molecular complexity index is 673. The van der Waals surface area contributed by atoms with Crippen molar-refractivity contribution in [1.29, 1.82) is 0 Å². The van der Waals surface area contributed by atoms with E-state index in [1.165, 1.54) is 6.92 Å². The van der Waals surface area contributed by atoms with Gasteiger partial charge in [-0.3, -0.25) is 4.79 Å². The van der Waals surface area contributed by atoms with Gasteiger partial charge in [0.1, 0.15) is 11.3 Å². The number of benzene rings is 1. The summed E-state index contributed by atoms with van der Waals surface area (Å²) in [4.78, 5) is 14.1. The molecule has 0 saturated carbocycles. The predicted octanol–water partition coefficient (Wildman–Crippen LogP) is 2.62. The van der Waals surface area contributed by atoms with Gasteiger partial charge >= 0.3 is 0 Å². The zero-order chi connectivity index (χ0) is 14.7. The molecule has 1 amide bonds. The quantitative estimate of drug-likeness (QED) is 0.833. The lowest BCUT2D eigenvalue weighted by molar-refractivity contribution is -0.118. The molecule has 2 N–H and O–H groups in total. The van der Waals surface area contributed by atoms with Crippen LogP contribution in [0.25, 0.3) is 11.0 Å². The molecule has 0 fully saturated rings. The molecule has 2 rings (SSSR count). The summed E-state index contributed by atoms with van der Waals surface area (Å²) in [6.45, 7) is 6.65. The molecule has 0 aliphatic carbocycles. The second kappa shape index (κ2) is 6.09. The molecule has 5 nitrogen and oxygen atoms in total. The monoisotopic (exact) mass is 293 g/mol. The lowest BCUT2D eigenvalue weighted by atomic mass is 10.3. The molecule has 0 saturated heterocycles. The fraction of sp³-hybridized carbons (Fsp3) is 0.429. The molecular weight excluding hydrogens is 274 g/mol. The van der Waals surface area contributed by atoms with Gasteiger partial charge in [0.05, 0.1) is 11.6 Å². The highest BCUT2D eigenvalue weighted by molar-refractivity contribution is 7.71. The number of carbonyl (C=O) groups excluding carboxylic acids is 1. The van der Waals surface area contributed by atoms with E-state index in [2.05, 4.69) is 10.3 Å². The highest BCUT2D eigenvalue weighted by Gasteiger charge is 2.10. The van der Waals surface area contributed by atoms with Crippen LogP contribution in [0, 0.1) is 4.77 Å². The number of H-pyrrole nitrogens is 1. The standard InChI is InChI=1S/C14H19N3O2S/c1-9(2)19-12-6-4-5-11-13(12)16-14(20)17(11)8-7-15-10(3)18/h4-6,9H,7-8H2,1-3H3,(H,15,18)(H,16,20). The van der Waals surface area contributed by atoms with Crippen LogP contribution in [0.15, 0.2) is 18.2 Å². The van der Waals surface area contributed by atoms with Crippen LogP contribution in [-0.2, 0) is 11.3 Å². The SMILES string of the molecule is CC(=O)NCCn1c(=S)[nH]c2c(OC(C)C)cccc21. The lowest BCUT2D eigenvalue weighted by Crippen LogP contribution is -2.24. The number of amides is 1. The van der Waals surface area contributed by atoms with E-state index in [0.717, 1.165) is 16.8 Å². The van der Waals surface area contributed by atoms with Crippen molar-refractivity contribution in [3.8, 4) is 5.75 Å². The molecule has 108 valence electrons. The number of imidazole rings is 1. The summed E-state index contributed by atoms with van der Waals surface area (Å²) in [6, 6.07) is 5.85. The third-order valence-corrected chi connectivity index (χ3v) is 3.17. The lowest BCUT2D eigenvalue weighted by Gasteiger charge is -2.10. The first kappa shape index (κ1) is 14.6. The summed E-state index contributed by atoms with van der Waals surface area (Å²) in [5.41, 5.74) is 1.88. The van der Waals surface area contributed by atoms with Crippen LogP contribution >= 0.6 is 12.2 Å². The van der Waals surface area contributed by atoms with E-state index in [0.29, 0.717) is 17.9 Å². The van der Waals surface area contributed by atoms with Crippen molar-refractivity contribution in [1.82, 2.24) is 14.9 Å². The van der Waals surface area contributed by atoms with Gasteiger partial charge in [0, 0.05) is 20.0 Å². The van der Waals surface area contributed by atoms with E-state index in [4.69, 9.17) is 17.0 Å². The zero-order valence-electron chi connectivity index (χ0n) is 11.9. The largest absolute Gasteiger partial charge is 0.489 e. The number of fused-ring (bicyclic) bond motifs is 1. The Balaban J connectivity index is 2.34. The zero-order valence-corrected chi connectivity index (χ0v) is 12.7. The maximum absolute atomic E-state index is 10.9. The molecule has 1 aromatic heterocycles. The first-order valence-corrected chi connectivity index (χ1v) is 7.02. The molecule has 0 aliphatic heterocycles. The van der Waals surface area contributed by atoms with Gasteiger partial charge < -0.3 is 19.6 Å². The molecular formula is C14H19N3O2S. The average molecular weight is 293 g/mol. The van der Waals surface area contributed by atoms with Gasteiger partial charge in [-0.15, -0.1) is 0 Å². The van der Waals surface area contributed by atoms with Gasteiger partial charge in [-0.25, -0.2) is 0 Å². The van der Waals surface area contributed by atoms with E-state index in [1.54, 1.807) is 0 Å². The van der Waals surface area contributed by atoms with E-state index in [9.17, 15) is 4.79 Å². The first-order valence-electron chi connectivity index (χ1n) is 6.61. The van der Waals surface area contributed by atoms with Crippen LogP contribution in [0.2, 0.25) is 0 Å². The van der Waals surface area contributed by atoms with Crippen molar-refractivity contribution in [2.45, 2.75) is 33.4 Å². The molecule has 1 aromatic carbocycles. The number of hydrogen-bond donors (Lipinski definition) is 2. The fourth-order valence-corrected chi connectivity index (χ4v) is 2.36. The number of ether oxygens (including phenoxy) is 1. The number of aromatic nitrogens is 2. The summed E-state index contributed by atoms with van der Waals surface area (Å²) in [6.07, 6.45) is 0.102. The third-order valence-electron chi connectivity index (χ3n) is 2.84. The minimum atomic E-state index is -0.0415. The van der Waals surface area contributed by atoms with Crippen LogP contribution in [0.3, 0.4) is 0 Å². The predicted molar refractivity (Wildman–Crippen MR) is 81.6 cm³/mol. The Morgan fingerprint density at radius 2 is 2.25 bits per heavy atom. The van der Waals surface area contributed by atoms with E-state index in [1.807, 2.05) is 36.6 Å². The molecule has 1 heterocycles. The molecule has 0 radical (unpaired) electrons. The molecule has 0 atom stereocenters. The second-order valence-electron chi connectivity index (χ2n) is 4.88. The van der Waals surface area contributed by atoms with Crippen molar-refractivity contribution in [3.63, 3.8) is 0 Å². The summed E-state index contributed by atoms with van der Waals surface area (Å²) in [5.74, 6) is 0.752. The summed E-state index contributed by atoms with van der Waals surface area (Å²) in [7, 11) is 0. The smallest absolute Gasteiger partial charge is 0.216 e. The van der Waals surface area contributed by atoms with E-state index in [-0.39, 0.29) is 12.0 Å². The van der Waals surface area contributed by atoms with Crippen LogP contribution in [0.4, 0.5) is 0 Å². The highest BCUT2D eigenvalue weighted by Crippen LogP contribution is 2.25. The van der Waals surface area contributed by atoms with Crippen LogP contribution in [0.1, 0.15) is 20.8 Å². The van der Waals surface area contributed by atoms with E-state index < -0.39 is 0 Å². The van der Waals surface area contributed by atoms with Gasteiger partial charge in [-0.05, 0) is 38.2 Å². The number of hydrogen-bond acceptors (Lipinski definition) is 3. The minimum absolute atomic E-state index is 0.0415. The van der Waals surface area contributed by atoms with Crippen molar-refractivity contribution >= 4 is 29.2 Å². The average Bonchev–Trinajstić information content (AvgIpc) is 2.66. The maximum Gasteiger partial charge on any atom is 0.216 e. The fourth-order valence-electron chi connectivity index (χ4n) is 2.07. The van der Waals surface area contributed by atoms with Gasteiger partial charge in [0.2, 0.25) is 5.91 Å². The van der Waals surface area contributed by atoms with Gasteiger partial charge in [-0.2, -0.15) is 0 Å². The molecule has 0 bridgehead atoms. The van der Waals surface area contributed by atoms with Crippen molar-refractivity contribution < 1.29 is 9.53 Å². The van der Waals surface area contributed by atoms with Gasteiger partial charge in [0.25, 0.3) is 0 Å². The molecule has 0 spiro atoms. The van der Waals surface area contributed by atoms with Gasteiger partial charge in [-0.1, -0.05) is 6.07 Å². The maximum atomic E-state index is 10.9. The van der Waals surface area contributed by atoms with E-state index >= 15 is 0 Å². The molecule has 0 aliphatic rings. The minimum Gasteiger partial charge on any atom is -0.489 e. The number of carbonyl (C=O) groups is 1. The first-order chi connectivity index (χ1) is 9.49. The normalized spacial score (nSPS) is 11.0. The van der Waals surface area contributed by atoms with Crippen LogP contribution < -0.4 is 10.1 Å². The number of aromatic amines is 1.